The Morgan fingerprint density at radius 2 is 2.04 bits per heavy atom. The second-order valence-electron chi connectivity index (χ2n) is 5.15. The fraction of sp³-hybridized carbons (Fsp3) is 0.438. The van der Waals surface area contributed by atoms with Gasteiger partial charge >= 0.3 is 12.0 Å². The van der Waals surface area contributed by atoms with Crippen molar-refractivity contribution in [1.82, 2.24) is 5.32 Å². The van der Waals surface area contributed by atoms with Crippen molar-refractivity contribution < 1.29 is 23.8 Å². The summed E-state index contributed by atoms with van der Waals surface area (Å²) < 4.78 is 16.4. The van der Waals surface area contributed by atoms with Gasteiger partial charge < -0.3 is 19.5 Å². The number of esters is 1. The third-order valence-electron chi connectivity index (χ3n) is 3.70. The van der Waals surface area contributed by atoms with Crippen LogP contribution in [0.1, 0.15) is 25.5 Å². The zero-order chi connectivity index (χ0) is 17.9. The Balaban J connectivity index is 2.51. The molecule has 0 bridgehead atoms. The number of urea groups is 1. The molecule has 0 saturated heterocycles. The monoisotopic (exact) mass is 398 g/mol. The van der Waals surface area contributed by atoms with Crippen LogP contribution in [0.4, 0.5) is 4.79 Å². The predicted molar refractivity (Wildman–Crippen MR) is 91.8 cm³/mol. The largest absolute Gasteiger partial charge is 0.493 e. The molecule has 1 aromatic carbocycles. The normalized spacial score (nSPS) is 20.0. The standard InChI is InChI=1S/C16H19BrN2O5/c1-5-24-15(20)12-8(2)18-16(21)19-13(12)9-6-10(17)14(23-4)11(7-9)22-3/h6-7,12-13H,5H2,1-4H3,(H,19,21). The lowest BCUT2D eigenvalue weighted by Crippen LogP contribution is -2.44. The minimum Gasteiger partial charge on any atom is -0.493 e. The Morgan fingerprint density at radius 3 is 2.62 bits per heavy atom. The van der Waals surface area contributed by atoms with E-state index in [4.69, 9.17) is 14.2 Å². The number of hydrogen-bond acceptors (Lipinski definition) is 5. The maximum Gasteiger partial charge on any atom is 0.341 e. The van der Waals surface area contributed by atoms with Gasteiger partial charge in [0.15, 0.2) is 11.5 Å². The molecular formula is C16H19BrN2O5. The Kier molecular flexibility index (Phi) is 5.82. The zero-order valence-electron chi connectivity index (χ0n) is 13.9. The summed E-state index contributed by atoms with van der Waals surface area (Å²) in [5, 5.41) is 2.72. The van der Waals surface area contributed by atoms with Crippen molar-refractivity contribution >= 4 is 33.6 Å². The molecule has 0 fully saturated rings. The smallest absolute Gasteiger partial charge is 0.341 e. The van der Waals surface area contributed by atoms with Crippen molar-refractivity contribution in [2.75, 3.05) is 20.8 Å². The fourth-order valence-corrected chi connectivity index (χ4v) is 3.27. The van der Waals surface area contributed by atoms with E-state index in [9.17, 15) is 9.59 Å². The first kappa shape index (κ1) is 18.3. The van der Waals surface area contributed by atoms with Crippen LogP contribution in [0.25, 0.3) is 0 Å². The molecule has 2 unspecified atom stereocenters. The van der Waals surface area contributed by atoms with Gasteiger partial charge in [-0.05, 0) is 47.5 Å². The number of amides is 2. The average molecular weight is 399 g/mol. The average Bonchev–Trinajstić information content (AvgIpc) is 2.53. The third kappa shape index (κ3) is 3.53. The van der Waals surface area contributed by atoms with E-state index in [1.165, 1.54) is 14.2 Å². The van der Waals surface area contributed by atoms with Gasteiger partial charge in [-0.1, -0.05) is 0 Å². The molecule has 0 aromatic heterocycles. The lowest BCUT2D eigenvalue weighted by atomic mass is 9.88. The molecule has 0 radical (unpaired) electrons. The zero-order valence-corrected chi connectivity index (χ0v) is 15.5. The highest BCUT2D eigenvalue weighted by Gasteiger charge is 2.38. The first-order valence-electron chi connectivity index (χ1n) is 7.36. The fourth-order valence-electron chi connectivity index (χ4n) is 2.65. The van der Waals surface area contributed by atoms with Gasteiger partial charge in [-0.2, -0.15) is 0 Å². The van der Waals surface area contributed by atoms with Crippen molar-refractivity contribution in [2.24, 2.45) is 10.9 Å². The van der Waals surface area contributed by atoms with Crippen molar-refractivity contribution in [3.05, 3.63) is 22.2 Å². The molecule has 0 saturated carbocycles. The molecule has 1 aliphatic heterocycles. The molecule has 24 heavy (non-hydrogen) atoms. The quantitative estimate of drug-likeness (QED) is 0.770. The van der Waals surface area contributed by atoms with Gasteiger partial charge in [0, 0.05) is 5.71 Å². The maximum atomic E-state index is 12.3. The molecule has 0 aliphatic carbocycles. The van der Waals surface area contributed by atoms with Crippen molar-refractivity contribution in [3.63, 3.8) is 0 Å². The Bertz CT molecular complexity index is 689. The molecule has 130 valence electrons. The van der Waals surface area contributed by atoms with Crippen LogP contribution < -0.4 is 14.8 Å². The van der Waals surface area contributed by atoms with Crippen LogP contribution in [-0.4, -0.2) is 38.5 Å². The van der Waals surface area contributed by atoms with E-state index in [0.717, 1.165) is 0 Å². The Labute approximate surface area is 148 Å². The van der Waals surface area contributed by atoms with E-state index in [-0.39, 0.29) is 6.61 Å². The molecular weight excluding hydrogens is 380 g/mol. The van der Waals surface area contributed by atoms with Gasteiger partial charge in [-0.15, -0.1) is 0 Å². The lowest BCUT2D eigenvalue weighted by molar-refractivity contribution is -0.146. The van der Waals surface area contributed by atoms with Gasteiger partial charge in [0.05, 0.1) is 31.3 Å². The van der Waals surface area contributed by atoms with Crippen molar-refractivity contribution in [2.45, 2.75) is 19.9 Å². The van der Waals surface area contributed by atoms with Crippen LogP contribution in [0.3, 0.4) is 0 Å². The Morgan fingerprint density at radius 1 is 1.33 bits per heavy atom. The van der Waals surface area contributed by atoms with E-state index < -0.39 is 24.0 Å². The number of benzene rings is 1. The number of rotatable bonds is 5. The van der Waals surface area contributed by atoms with Gasteiger partial charge in [0.25, 0.3) is 0 Å². The third-order valence-corrected chi connectivity index (χ3v) is 4.28. The van der Waals surface area contributed by atoms with Gasteiger partial charge in [-0.25, -0.2) is 9.79 Å². The van der Waals surface area contributed by atoms with Crippen LogP contribution >= 0.6 is 15.9 Å². The number of halogens is 1. The summed E-state index contributed by atoms with van der Waals surface area (Å²) in [6, 6.07) is 2.39. The summed E-state index contributed by atoms with van der Waals surface area (Å²) in [6.45, 7) is 3.62. The first-order valence-corrected chi connectivity index (χ1v) is 8.15. The highest BCUT2D eigenvalue weighted by Crippen LogP contribution is 2.40. The predicted octanol–water partition coefficient (Wildman–Crippen LogP) is 2.87. The van der Waals surface area contributed by atoms with Crippen LogP contribution in [0, 0.1) is 5.92 Å². The molecule has 1 N–H and O–H groups in total. The second kappa shape index (κ2) is 7.65. The van der Waals surface area contributed by atoms with Gasteiger partial charge in [0.1, 0.15) is 5.92 Å². The van der Waals surface area contributed by atoms with Gasteiger partial charge in [0.2, 0.25) is 0 Å². The molecule has 1 aliphatic rings. The van der Waals surface area contributed by atoms with E-state index in [1.54, 1.807) is 26.0 Å². The summed E-state index contributed by atoms with van der Waals surface area (Å²) in [6.07, 6.45) is 0. The molecule has 7 nitrogen and oxygen atoms in total. The summed E-state index contributed by atoms with van der Waals surface area (Å²) in [7, 11) is 3.05. The minimum atomic E-state index is -0.701. The number of nitrogens with one attached hydrogen (secondary N) is 1. The van der Waals surface area contributed by atoms with Crippen molar-refractivity contribution in [3.8, 4) is 11.5 Å². The topological polar surface area (TPSA) is 86.2 Å². The molecule has 2 atom stereocenters. The maximum absolute atomic E-state index is 12.3. The number of carbonyl (C=O) groups is 2. The highest BCUT2D eigenvalue weighted by molar-refractivity contribution is 9.10. The van der Waals surface area contributed by atoms with Crippen LogP contribution in [0.15, 0.2) is 21.6 Å². The summed E-state index contributed by atoms with van der Waals surface area (Å²) in [4.78, 5) is 28.0. The number of methoxy groups -OCH3 is 2. The SMILES string of the molecule is CCOC(=O)C1C(C)=NC(=O)NC1c1cc(Br)c(OC)c(OC)c1. The molecule has 2 amide bonds. The molecule has 1 aromatic rings. The van der Waals surface area contributed by atoms with E-state index >= 15 is 0 Å². The van der Waals surface area contributed by atoms with Crippen molar-refractivity contribution in [1.29, 1.82) is 0 Å². The molecule has 2 rings (SSSR count). The lowest BCUT2D eigenvalue weighted by Gasteiger charge is -2.30. The molecule has 8 heteroatoms. The Hall–Kier alpha value is -2.09. The van der Waals surface area contributed by atoms with Crippen LogP contribution in [0.5, 0.6) is 11.5 Å². The van der Waals surface area contributed by atoms with E-state index in [2.05, 4.69) is 26.2 Å². The second-order valence-corrected chi connectivity index (χ2v) is 6.00. The van der Waals surface area contributed by atoms with E-state index in [0.29, 0.717) is 27.2 Å². The summed E-state index contributed by atoms with van der Waals surface area (Å²) in [5.74, 6) is -0.123. The van der Waals surface area contributed by atoms with Gasteiger partial charge in [-0.3, -0.25) is 4.79 Å². The van der Waals surface area contributed by atoms with E-state index in [1.807, 2.05) is 0 Å². The molecule has 1 heterocycles. The highest BCUT2D eigenvalue weighted by atomic mass is 79.9. The number of aliphatic imine (C=N–C) groups is 1. The number of nitrogens with zero attached hydrogens (tertiary/aromatic N) is 1. The molecule has 0 spiro atoms. The minimum absolute atomic E-state index is 0.249. The number of carbonyl (C=O) groups excluding carboxylic acids is 2. The number of ether oxygens (including phenoxy) is 3. The summed E-state index contributed by atoms with van der Waals surface area (Å²) in [5.41, 5.74) is 1.09. The first-order chi connectivity index (χ1) is 11.4. The number of hydrogen-bond donors (Lipinski definition) is 1. The summed E-state index contributed by atoms with van der Waals surface area (Å²) >= 11 is 3.42. The van der Waals surface area contributed by atoms with Crippen LogP contribution in [0.2, 0.25) is 0 Å². The van der Waals surface area contributed by atoms with Crippen LogP contribution in [-0.2, 0) is 9.53 Å².